The Kier molecular flexibility index (Phi) is 6.74. The molecular formula is C12H16F3O5PS2. The lowest BCUT2D eigenvalue weighted by Crippen LogP contribution is -2.12. The van der Waals surface area contributed by atoms with Gasteiger partial charge in [-0.1, -0.05) is 12.1 Å². The summed E-state index contributed by atoms with van der Waals surface area (Å²) >= 11 is -0.561. The largest absolute Gasteiger partial charge is 0.446 e. The molecule has 0 aliphatic rings. The van der Waals surface area contributed by atoms with E-state index < -0.39 is 57.0 Å². The zero-order valence-corrected chi connectivity index (χ0v) is 15.1. The molecule has 0 fully saturated rings. The van der Waals surface area contributed by atoms with Crippen molar-refractivity contribution in [2.24, 2.45) is 0 Å². The Morgan fingerprint density at radius 1 is 1.26 bits per heavy atom. The minimum Gasteiger partial charge on any atom is -0.324 e. The second-order valence-corrected chi connectivity index (χ2v) is 10.1. The first-order chi connectivity index (χ1) is 10.3. The molecule has 0 aliphatic carbocycles. The second-order valence-electron chi connectivity index (χ2n) is 4.86. The smallest absolute Gasteiger partial charge is 0.324 e. The number of benzene rings is 1. The Hall–Kier alpha value is -0.540. The zero-order chi connectivity index (χ0) is 17.9. The fourth-order valence-electron chi connectivity index (χ4n) is 1.57. The van der Waals surface area contributed by atoms with Gasteiger partial charge in [-0.05, 0) is 37.7 Å². The molecule has 1 aromatic carbocycles. The van der Waals surface area contributed by atoms with E-state index >= 15 is 0 Å². The predicted octanol–water partition coefficient (Wildman–Crippen LogP) is 4.29. The van der Waals surface area contributed by atoms with E-state index in [-0.39, 0.29) is 0 Å². The van der Waals surface area contributed by atoms with E-state index in [1.807, 2.05) is 0 Å². The molecule has 0 aliphatic heterocycles. The van der Waals surface area contributed by atoms with Crippen LogP contribution in [0.1, 0.15) is 13.8 Å². The lowest BCUT2D eigenvalue weighted by Gasteiger charge is -2.17. The Labute approximate surface area is 137 Å². The van der Waals surface area contributed by atoms with E-state index in [1.165, 1.54) is 18.8 Å². The van der Waals surface area contributed by atoms with Crippen molar-refractivity contribution in [1.82, 2.24) is 0 Å². The zero-order valence-electron chi connectivity index (χ0n) is 12.5. The third-order valence-corrected chi connectivity index (χ3v) is 6.12. The van der Waals surface area contributed by atoms with Crippen LogP contribution in [0.5, 0.6) is 0 Å². The molecule has 11 heteroatoms. The predicted molar refractivity (Wildman–Crippen MR) is 81.2 cm³/mol. The third kappa shape index (κ3) is 7.26. The lowest BCUT2D eigenvalue weighted by molar-refractivity contribution is -0.0329. The number of halogens is 3. The number of alkyl halides is 3. The van der Waals surface area contributed by atoms with Crippen LogP contribution in [0, 0.1) is 0 Å². The van der Waals surface area contributed by atoms with Gasteiger partial charge >= 0.3 is 5.51 Å². The van der Waals surface area contributed by atoms with Crippen LogP contribution in [-0.4, -0.2) is 33.0 Å². The fourth-order valence-corrected chi connectivity index (χ4v) is 5.53. The average Bonchev–Trinajstić information content (AvgIpc) is 2.34. The van der Waals surface area contributed by atoms with Gasteiger partial charge in [0.05, 0.1) is 6.10 Å². The van der Waals surface area contributed by atoms with Crippen LogP contribution < -0.4 is 0 Å². The van der Waals surface area contributed by atoms with Crippen molar-refractivity contribution in [2.45, 2.75) is 35.3 Å². The van der Waals surface area contributed by atoms with Crippen molar-refractivity contribution >= 4 is 29.2 Å². The number of hydrogen-bond acceptors (Lipinski definition) is 6. The summed E-state index contributed by atoms with van der Waals surface area (Å²) in [6.45, 7) is 4.42. The maximum atomic E-state index is 12.5. The minimum absolute atomic E-state index is 0.412. The van der Waals surface area contributed by atoms with E-state index in [4.69, 9.17) is 4.52 Å². The summed E-state index contributed by atoms with van der Waals surface area (Å²) in [4.78, 5) is -1.15. The molecular weight excluding hydrogens is 376 g/mol. The maximum absolute atomic E-state index is 12.5. The standard InChI is InChI=1S/C12H16F3O5PS2/c1-9(2)20-21(3,16)8-19-23(17,18)11-7-5-4-6-10(11)22-12(13,14)15/h4-7,9H,8H2,1-3H3. The van der Waals surface area contributed by atoms with Crippen LogP contribution in [0.2, 0.25) is 0 Å². The summed E-state index contributed by atoms with van der Waals surface area (Å²) in [5.74, 6) is 0. The molecule has 0 spiro atoms. The van der Waals surface area contributed by atoms with E-state index in [1.54, 1.807) is 13.8 Å². The fraction of sp³-hybridized carbons (Fsp3) is 0.500. The van der Waals surface area contributed by atoms with Crippen molar-refractivity contribution in [2.75, 3.05) is 13.0 Å². The normalized spacial score (nSPS) is 15.6. The molecule has 0 aromatic heterocycles. The van der Waals surface area contributed by atoms with Gasteiger partial charge in [0.15, 0.2) is 0 Å². The molecule has 0 saturated carbocycles. The molecule has 132 valence electrons. The first-order valence-electron chi connectivity index (χ1n) is 6.31. The summed E-state index contributed by atoms with van der Waals surface area (Å²) in [6, 6.07) is 4.56. The monoisotopic (exact) mass is 392 g/mol. The molecule has 0 N–H and O–H groups in total. The van der Waals surface area contributed by atoms with Crippen molar-refractivity contribution < 1.29 is 34.9 Å². The van der Waals surface area contributed by atoms with Gasteiger partial charge in [0.1, 0.15) is 11.2 Å². The van der Waals surface area contributed by atoms with E-state index in [2.05, 4.69) is 4.18 Å². The van der Waals surface area contributed by atoms with Crippen molar-refractivity contribution in [1.29, 1.82) is 0 Å². The Morgan fingerprint density at radius 2 is 1.83 bits per heavy atom. The number of thioether (sulfide) groups is 1. The summed E-state index contributed by atoms with van der Waals surface area (Å²) in [7, 11) is -7.86. The van der Waals surface area contributed by atoms with Gasteiger partial charge in [-0.2, -0.15) is 21.6 Å². The number of hydrogen-bond donors (Lipinski definition) is 0. The third-order valence-electron chi connectivity index (χ3n) is 2.22. The summed E-state index contributed by atoms with van der Waals surface area (Å²) in [5, 5.41) is 0. The highest BCUT2D eigenvalue weighted by molar-refractivity contribution is 8.00. The molecule has 1 atom stereocenters. The Bertz CT molecular complexity index is 688. The van der Waals surface area contributed by atoms with E-state index in [0.717, 1.165) is 12.1 Å². The van der Waals surface area contributed by atoms with Gasteiger partial charge in [0.2, 0.25) is 7.37 Å². The van der Waals surface area contributed by atoms with Crippen LogP contribution in [-0.2, 0) is 23.4 Å². The Morgan fingerprint density at radius 3 is 2.35 bits per heavy atom. The van der Waals surface area contributed by atoms with Gasteiger partial charge in [-0.25, -0.2) is 0 Å². The minimum atomic E-state index is -4.65. The molecule has 0 heterocycles. The highest BCUT2D eigenvalue weighted by Gasteiger charge is 2.33. The van der Waals surface area contributed by atoms with Crippen LogP contribution in [0.25, 0.3) is 0 Å². The first kappa shape index (κ1) is 20.5. The molecule has 0 amide bonds. The lowest BCUT2D eigenvalue weighted by atomic mass is 10.4. The van der Waals surface area contributed by atoms with Crippen LogP contribution >= 0.6 is 19.1 Å². The topological polar surface area (TPSA) is 69.7 Å². The maximum Gasteiger partial charge on any atom is 0.446 e. The van der Waals surface area contributed by atoms with Gasteiger partial charge in [0, 0.05) is 11.6 Å². The average molecular weight is 392 g/mol. The molecule has 0 radical (unpaired) electrons. The van der Waals surface area contributed by atoms with Crippen molar-refractivity contribution in [3.8, 4) is 0 Å². The molecule has 1 unspecified atom stereocenters. The molecule has 5 nitrogen and oxygen atoms in total. The van der Waals surface area contributed by atoms with Gasteiger partial charge < -0.3 is 4.52 Å². The molecule has 0 saturated heterocycles. The molecule has 1 aromatic rings. The summed E-state index contributed by atoms with van der Waals surface area (Å²) < 4.78 is 83.4. The van der Waals surface area contributed by atoms with Gasteiger partial charge in [-0.15, -0.1) is 0 Å². The molecule has 23 heavy (non-hydrogen) atoms. The highest BCUT2D eigenvalue weighted by atomic mass is 32.2. The second kappa shape index (κ2) is 7.57. The summed E-state index contributed by atoms with van der Waals surface area (Å²) in [5.41, 5.74) is -4.65. The van der Waals surface area contributed by atoms with Crippen LogP contribution in [0.4, 0.5) is 13.2 Å². The van der Waals surface area contributed by atoms with Gasteiger partial charge in [0.25, 0.3) is 10.1 Å². The van der Waals surface area contributed by atoms with Crippen LogP contribution in [0.3, 0.4) is 0 Å². The highest BCUT2D eigenvalue weighted by Crippen LogP contribution is 2.45. The quantitative estimate of drug-likeness (QED) is 0.392. The Balaban J connectivity index is 2.99. The van der Waals surface area contributed by atoms with Gasteiger partial charge in [-0.3, -0.25) is 8.75 Å². The summed E-state index contributed by atoms with van der Waals surface area (Å²) in [6.07, 6.45) is -1.16. The first-order valence-corrected chi connectivity index (χ1v) is 10.8. The van der Waals surface area contributed by atoms with Crippen LogP contribution in [0.15, 0.2) is 34.1 Å². The van der Waals surface area contributed by atoms with E-state index in [0.29, 0.717) is 0 Å². The van der Waals surface area contributed by atoms with Crippen molar-refractivity contribution in [3.05, 3.63) is 24.3 Å². The molecule has 0 bridgehead atoms. The van der Waals surface area contributed by atoms with E-state index in [9.17, 15) is 26.2 Å². The van der Waals surface area contributed by atoms with Crippen molar-refractivity contribution in [3.63, 3.8) is 0 Å². The number of rotatable bonds is 7. The SMILES string of the molecule is CC(C)OP(C)(=O)COS(=O)(=O)c1ccccc1SC(F)(F)F. The molecule has 1 rings (SSSR count).